The van der Waals surface area contributed by atoms with E-state index >= 15 is 0 Å². The third-order valence-corrected chi connectivity index (χ3v) is 3.04. The topological polar surface area (TPSA) is 78.8 Å². The Morgan fingerprint density at radius 2 is 2.11 bits per heavy atom. The first-order valence-electron chi connectivity index (χ1n) is 6.10. The molecule has 6 heteroatoms. The van der Waals surface area contributed by atoms with Crippen molar-refractivity contribution in [2.45, 2.75) is 26.3 Å². The predicted molar refractivity (Wildman–Crippen MR) is 73.6 cm³/mol. The van der Waals surface area contributed by atoms with Crippen LogP contribution in [-0.4, -0.2) is 33.9 Å². The molecular weight excluding hydrogens is 242 g/mol. The van der Waals surface area contributed by atoms with E-state index in [0.29, 0.717) is 18.1 Å². The summed E-state index contributed by atoms with van der Waals surface area (Å²) >= 11 is 0. The minimum Gasteiger partial charge on any atom is -0.399 e. The van der Waals surface area contributed by atoms with Crippen LogP contribution >= 0.6 is 0 Å². The van der Waals surface area contributed by atoms with Gasteiger partial charge in [-0.3, -0.25) is 0 Å². The van der Waals surface area contributed by atoms with Gasteiger partial charge in [-0.05, 0) is 48.9 Å². The number of benzene rings is 1. The number of nitrogens with zero attached hydrogens (tertiary/aromatic N) is 4. The lowest BCUT2D eigenvalue weighted by Crippen LogP contribution is -2.33. The van der Waals surface area contributed by atoms with E-state index in [1.165, 1.54) is 0 Å². The summed E-state index contributed by atoms with van der Waals surface area (Å²) in [5, 5.41) is 12.0. The molecule has 102 valence electrons. The fourth-order valence-electron chi connectivity index (χ4n) is 2.06. The van der Waals surface area contributed by atoms with Gasteiger partial charge < -0.3 is 10.5 Å². The van der Waals surface area contributed by atoms with Gasteiger partial charge in [0.15, 0.2) is 5.82 Å². The smallest absolute Gasteiger partial charge is 0.182 e. The van der Waals surface area contributed by atoms with Gasteiger partial charge in [-0.15, -0.1) is 5.10 Å². The van der Waals surface area contributed by atoms with E-state index in [1.54, 1.807) is 11.8 Å². The molecule has 0 amide bonds. The molecule has 0 atom stereocenters. The fraction of sp³-hybridized carbons (Fsp3) is 0.462. The minimum absolute atomic E-state index is 0.329. The van der Waals surface area contributed by atoms with E-state index in [2.05, 4.69) is 15.5 Å². The van der Waals surface area contributed by atoms with E-state index in [4.69, 9.17) is 10.5 Å². The Balaban J connectivity index is 2.53. The van der Waals surface area contributed by atoms with Crippen molar-refractivity contribution in [1.82, 2.24) is 20.2 Å². The summed E-state index contributed by atoms with van der Waals surface area (Å²) in [6.07, 6.45) is 0. The quantitative estimate of drug-likeness (QED) is 0.846. The zero-order valence-electron chi connectivity index (χ0n) is 11.7. The second-order valence-electron chi connectivity index (χ2n) is 5.23. The van der Waals surface area contributed by atoms with E-state index in [-0.39, 0.29) is 5.54 Å². The first-order valence-corrected chi connectivity index (χ1v) is 6.10. The highest BCUT2D eigenvalue weighted by Crippen LogP contribution is 2.27. The number of hydrogen-bond acceptors (Lipinski definition) is 5. The first kappa shape index (κ1) is 13.5. The van der Waals surface area contributed by atoms with E-state index in [0.717, 1.165) is 11.1 Å². The number of methoxy groups -OCH3 is 1. The van der Waals surface area contributed by atoms with Gasteiger partial charge >= 0.3 is 0 Å². The number of tetrazole rings is 1. The SMILES string of the molecule is COCC(C)(C)n1nnnc1-c1cc(N)ccc1C. The number of aromatic nitrogens is 4. The maximum Gasteiger partial charge on any atom is 0.182 e. The van der Waals surface area contributed by atoms with Crippen molar-refractivity contribution in [3.63, 3.8) is 0 Å². The standard InChI is InChI=1S/C13H19N5O/c1-9-5-6-10(14)7-11(9)12-15-16-17-18(12)13(2,3)8-19-4/h5-7H,8,14H2,1-4H3. The van der Waals surface area contributed by atoms with Crippen molar-refractivity contribution < 1.29 is 4.74 Å². The number of rotatable bonds is 4. The summed E-state index contributed by atoms with van der Waals surface area (Å²) in [4.78, 5) is 0. The fourth-order valence-corrected chi connectivity index (χ4v) is 2.06. The number of hydrogen-bond donors (Lipinski definition) is 1. The van der Waals surface area contributed by atoms with Crippen molar-refractivity contribution in [2.75, 3.05) is 19.5 Å². The van der Waals surface area contributed by atoms with Gasteiger partial charge in [0.05, 0.1) is 12.1 Å². The molecule has 0 fully saturated rings. The van der Waals surface area contributed by atoms with E-state index < -0.39 is 0 Å². The number of anilines is 1. The normalized spacial score (nSPS) is 11.8. The molecule has 1 aromatic carbocycles. The Kier molecular flexibility index (Phi) is 3.53. The Bertz CT molecular complexity index is 576. The van der Waals surface area contributed by atoms with Crippen molar-refractivity contribution in [2.24, 2.45) is 0 Å². The second kappa shape index (κ2) is 4.97. The molecule has 0 unspecified atom stereocenters. The van der Waals surface area contributed by atoms with Crippen LogP contribution in [0.5, 0.6) is 0 Å². The van der Waals surface area contributed by atoms with Crippen molar-refractivity contribution in [3.05, 3.63) is 23.8 Å². The number of ether oxygens (including phenoxy) is 1. The molecular formula is C13H19N5O. The molecule has 0 spiro atoms. The van der Waals surface area contributed by atoms with E-state index in [1.807, 2.05) is 39.0 Å². The highest BCUT2D eigenvalue weighted by molar-refractivity contribution is 5.65. The molecule has 0 aliphatic heterocycles. The van der Waals surface area contributed by atoms with Crippen LogP contribution in [0.4, 0.5) is 5.69 Å². The van der Waals surface area contributed by atoms with Crippen LogP contribution in [0.15, 0.2) is 18.2 Å². The zero-order valence-corrected chi connectivity index (χ0v) is 11.7. The Labute approximate surface area is 112 Å². The Hall–Kier alpha value is -1.95. The molecule has 2 rings (SSSR count). The minimum atomic E-state index is -0.329. The molecule has 0 saturated heterocycles. The molecule has 2 aromatic rings. The summed E-state index contributed by atoms with van der Waals surface area (Å²) in [5.41, 5.74) is 8.24. The highest BCUT2D eigenvalue weighted by Gasteiger charge is 2.26. The van der Waals surface area contributed by atoms with E-state index in [9.17, 15) is 0 Å². The Morgan fingerprint density at radius 3 is 2.79 bits per heavy atom. The van der Waals surface area contributed by atoms with Gasteiger partial charge in [0, 0.05) is 18.4 Å². The lowest BCUT2D eigenvalue weighted by Gasteiger charge is -2.25. The maximum atomic E-state index is 5.85. The van der Waals surface area contributed by atoms with Crippen LogP contribution in [0.3, 0.4) is 0 Å². The van der Waals surface area contributed by atoms with Gasteiger partial charge in [0.1, 0.15) is 0 Å². The zero-order chi connectivity index (χ0) is 14.0. The predicted octanol–water partition coefficient (Wildman–Crippen LogP) is 1.61. The average molecular weight is 261 g/mol. The molecule has 0 aliphatic carbocycles. The van der Waals surface area contributed by atoms with Gasteiger partial charge in [0.25, 0.3) is 0 Å². The van der Waals surface area contributed by atoms with Gasteiger partial charge in [0.2, 0.25) is 0 Å². The van der Waals surface area contributed by atoms with Gasteiger partial charge in [-0.2, -0.15) is 0 Å². The number of nitrogen functional groups attached to an aromatic ring is 1. The summed E-state index contributed by atoms with van der Waals surface area (Å²) < 4.78 is 7.01. The summed E-state index contributed by atoms with van der Waals surface area (Å²) in [5.74, 6) is 0.701. The number of aryl methyl sites for hydroxylation is 1. The van der Waals surface area contributed by atoms with Crippen molar-refractivity contribution >= 4 is 5.69 Å². The lowest BCUT2D eigenvalue weighted by molar-refractivity contribution is 0.101. The molecule has 0 bridgehead atoms. The molecule has 1 heterocycles. The molecule has 0 radical (unpaired) electrons. The third kappa shape index (κ3) is 2.58. The number of nitrogens with two attached hydrogens (primary N) is 1. The third-order valence-electron chi connectivity index (χ3n) is 3.04. The van der Waals surface area contributed by atoms with Crippen LogP contribution in [0.1, 0.15) is 19.4 Å². The molecule has 19 heavy (non-hydrogen) atoms. The van der Waals surface area contributed by atoms with Crippen molar-refractivity contribution in [3.8, 4) is 11.4 Å². The van der Waals surface area contributed by atoms with Crippen molar-refractivity contribution in [1.29, 1.82) is 0 Å². The molecule has 2 N–H and O–H groups in total. The Morgan fingerprint density at radius 1 is 1.37 bits per heavy atom. The largest absolute Gasteiger partial charge is 0.399 e. The maximum absolute atomic E-state index is 5.85. The monoisotopic (exact) mass is 261 g/mol. The van der Waals surface area contributed by atoms with Crippen LogP contribution in [0.25, 0.3) is 11.4 Å². The lowest BCUT2D eigenvalue weighted by atomic mass is 10.0. The average Bonchev–Trinajstić information content (AvgIpc) is 2.82. The summed E-state index contributed by atoms with van der Waals surface area (Å²) in [6.45, 7) is 6.58. The summed E-state index contributed by atoms with van der Waals surface area (Å²) in [6, 6.07) is 5.72. The first-order chi connectivity index (χ1) is 8.95. The van der Waals surface area contributed by atoms with Gasteiger partial charge in [-0.1, -0.05) is 6.07 Å². The molecule has 6 nitrogen and oxygen atoms in total. The van der Waals surface area contributed by atoms with Gasteiger partial charge in [-0.25, -0.2) is 4.68 Å². The molecule has 0 saturated carbocycles. The second-order valence-corrected chi connectivity index (χ2v) is 5.23. The summed E-state index contributed by atoms with van der Waals surface area (Å²) in [7, 11) is 1.66. The molecule has 0 aliphatic rings. The van der Waals surface area contributed by atoms with Crippen LogP contribution in [-0.2, 0) is 10.3 Å². The van der Waals surface area contributed by atoms with Crippen LogP contribution in [0.2, 0.25) is 0 Å². The van der Waals surface area contributed by atoms with Crippen LogP contribution < -0.4 is 5.73 Å². The molecule has 1 aromatic heterocycles. The van der Waals surface area contributed by atoms with Crippen LogP contribution in [0, 0.1) is 6.92 Å². The highest BCUT2D eigenvalue weighted by atomic mass is 16.5.